The predicted octanol–water partition coefficient (Wildman–Crippen LogP) is 3.77. The predicted molar refractivity (Wildman–Crippen MR) is 89.5 cm³/mol. The summed E-state index contributed by atoms with van der Waals surface area (Å²) in [6.07, 6.45) is 5.22. The fourth-order valence-corrected chi connectivity index (χ4v) is 2.42. The number of nitrogens with zero attached hydrogens (tertiary/aromatic N) is 1. The Kier molecular flexibility index (Phi) is 7.25. The van der Waals surface area contributed by atoms with Crippen molar-refractivity contribution in [1.82, 2.24) is 10.3 Å². The molecule has 2 aromatic rings. The maximum Gasteiger partial charge on any atom is 0.303 e. The van der Waals surface area contributed by atoms with Crippen LogP contribution in [0.3, 0.4) is 0 Å². The highest BCUT2D eigenvalue weighted by Gasteiger charge is 2.19. The molecule has 8 heteroatoms. The molecule has 6 nitrogen and oxygen atoms in total. The summed E-state index contributed by atoms with van der Waals surface area (Å²) in [5.41, 5.74) is -0.461. The van der Waals surface area contributed by atoms with Gasteiger partial charge in [0.25, 0.3) is 5.91 Å². The highest BCUT2D eigenvalue weighted by molar-refractivity contribution is 5.92. The van der Waals surface area contributed by atoms with Crippen LogP contribution in [0.5, 0.6) is 0 Å². The smallest absolute Gasteiger partial charge is 0.303 e. The summed E-state index contributed by atoms with van der Waals surface area (Å²) < 4.78 is 32.4. The molecule has 0 radical (unpaired) electrons. The first kappa shape index (κ1) is 19.6. The Morgan fingerprint density at radius 1 is 1.08 bits per heavy atom. The van der Waals surface area contributed by atoms with Gasteiger partial charge in [-0.15, -0.1) is 0 Å². The van der Waals surface area contributed by atoms with Gasteiger partial charge in [-0.3, -0.25) is 9.59 Å². The number of carbonyl (C=O) groups excluding carboxylic acids is 1. The van der Waals surface area contributed by atoms with Crippen LogP contribution in [0.1, 0.15) is 49.0 Å². The summed E-state index contributed by atoms with van der Waals surface area (Å²) >= 11 is 0. The number of carbonyl (C=O) groups is 2. The zero-order valence-electron chi connectivity index (χ0n) is 14.1. The highest BCUT2D eigenvalue weighted by Crippen LogP contribution is 2.25. The summed E-state index contributed by atoms with van der Waals surface area (Å²) in [7, 11) is 0. The van der Waals surface area contributed by atoms with E-state index in [4.69, 9.17) is 9.52 Å². The number of amides is 1. The summed E-state index contributed by atoms with van der Waals surface area (Å²) in [6, 6.07) is 3.39. The lowest BCUT2D eigenvalue weighted by atomic mass is 10.1. The standard InChI is InChI=1S/C18H20F2N2O4/c19-12-7-6-8-13(20)16(12)18-22-14(11-26-18)17(25)21-10-5-3-1-2-4-9-15(23)24/h6-8,11H,1-5,9-10H2,(H,21,25)(H,23,24). The second-order valence-corrected chi connectivity index (χ2v) is 5.80. The van der Waals surface area contributed by atoms with Crippen LogP contribution in [-0.2, 0) is 4.79 Å². The lowest BCUT2D eigenvalue weighted by Gasteiger charge is -2.03. The molecule has 1 heterocycles. The van der Waals surface area contributed by atoms with Gasteiger partial charge < -0.3 is 14.8 Å². The summed E-state index contributed by atoms with van der Waals surface area (Å²) in [5.74, 6) is -3.20. The number of nitrogens with one attached hydrogen (secondary N) is 1. The molecule has 1 aromatic carbocycles. The van der Waals surface area contributed by atoms with E-state index in [9.17, 15) is 18.4 Å². The van der Waals surface area contributed by atoms with Crippen molar-refractivity contribution in [2.75, 3.05) is 6.54 Å². The van der Waals surface area contributed by atoms with Gasteiger partial charge in [-0.1, -0.05) is 25.3 Å². The number of unbranched alkanes of at least 4 members (excludes halogenated alkanes) is 4. The molecule has 0 fully saturated rings. The molecule has 0 saturated carbocycles. The maximum absolute atomic E-state index is 13.7. The van der Waals surface area contributed by atoms with Crippen LogP contribution in [0.15, 0.2) is 28.9 Å². The average Bonchev–Trinajstić information content (AvgIpc) is 3.06. The molecule has 1 amide bonds. The van der Waals surface area contributed by atoms with E-state index in [1.807, 2.05) is 0 Å². The third-order valence-electron chi connectivity index (χ3n) is 3.77. The molecule has 2 rings (SSSR count). The molecule has 2 N–H and O–H groups in total. The van der Waals surface area contributed by atoms with Crippen molar-refractivity contribution in [2.45, 2.75) is 38.5 Å². The van der Waals surface area contributed by atoms with Gasteiger partial charge in [0.2, 0.25) is 5.89 Å². The van der Waals surface area contributed by atoms with E-state index in [2.05, 4.69) is 10.3 Å². The lowest BCUT2D eigenvalue weighted by Crippen LogP contribution is -2.24. The number of hydrogen-bond acceptors (Lipinski definition) is 4. The van der Waals surface area contributed by atoms with E-state index in [0.29, 0.717) is 13.0 Å². The van der Waals surface area contributed by atoms with Crippen molar-refractivity contribution in [3.05, 3.63) is 41.8 Å². The van der Waals surface area contributed by atoms with Crippen molar-refractivity contribution in [3.63, 3.8) is 0 Å². The van der Waals surface area contributed by atoms with Crippen LogP contribution in [0.4, 0.5) is 8.78 Å². The SMILES string of the molecule is O=C(O)CCCCCCCNC(=O)c1coc(-c2c(F)cccc2F)n1. The molecule has 26 heavy (non-hydrogen) atoms. The first-order valence-corrected chi connectivity index (χ1v) is 8.39. The Balaban J connectivity index is 1.76. The molecule has 0 aliphatic heterocycles. The number of aromatic nitrogens is 1. The molecule has 0 bridgehead atoms. The zero-order chi connectivity index (χ0) is 18.9. The van der Waals surface area contributed by atoms with E-state index in [1.54, 1.807) is 0 Å². The monoisotopic (exact) mass is 366 g/mol. The van der Waals surface area contributed by atoms with E-state index in [-0.39, 0.29) is 18.0 Å². The normalized spacial score (nSPS) is 10.7. The van der Waals surface area contributed by atoms with E-state index in [1.165, 1.54) is 6.07 Å². The Labute approximate surface area is 149 Å². The van der Waals surface area contributed by atoms with E-state index in [0.717, 1.165) is 44.1 Å². The topological polar surface area (TPSA) is 92.4 Å². The number of rotatable bonds is 10. The minimum atomic E-state index is -0.818. The number of aliphatic carboxylic acids is 1. The molecule has 140 valence electrons. The van der Waals surface area contributed by atoms with Crippen LogP contribution < -0.4 is 5.32 Å². The quantitative estimate of drug-likeness (QED) is 0.625. The highest BCUT2D eigenvalue weighted by atomic mass is 19.1. The van der Waals surface area contributed by atoms with Crippen LogP contribution >= 0.6 is 0 Å². The van der Waals surface area contributed by atoms with E-state index < -0.39 is 29.1 Å². The number of oxazole rings is 1. The Hall–Kier alpha value is -2.77. The summed E-state index contributed by atoms with van der Waals surface area (Å²) in [4.78, 5) is 26.2. The van der Waals surface area contributed by atoms with Gasteiger partial charge in [-0.25, -0.2) is 13.8 Å². The van der Waals surface area contributed by atoms with Gasteiger partial charge in [0.1, 0.15) is 23.5 Å². The minimum absolute atomic E-state index is 0.0517. The van der Waals surface area contributed by atoms with Crippen molar-refractivity contribution in [1.29, 1.82) is 0 Å². The number of hydrogen-bond donors (Lipinski definition) is 2. The Morgan fingerprint density at radius 2 is 1.73 bits per heavy atom. The molecule has 0 unspecified atom stereocenters. The van der Waals surface area contributed by atoms with Crippen molar-refractivity contribution in [2.24, 2.45) is 0 Å². The molecule has 0 aliphatic rings. The first-order chi connectivity index (χ1) is 12.5. The van der Waals surface area contributed by atoms with Crippen molar-refractivity contribution < 1.29 is 27.9 Å². The van der Waals surface area contributed by atoms with Gasteiger partial charge >= 0.3 is 5.97 Å². The van der Waals surface area contributed by atoms with Crippen LogP contribution in [0.2, 0.25) is 0 Å². The molecule has 1 aromatic heterocycles. The van der Waals surface area contributed by atoms with Gasteiger partial charge in [-0.2, -0.15) is 0 Å². The largest absolute Gasteiger partial charge is 0.481 e. The third-order valence-corrected chi connectivity index (χ3v) is 3.77. The number of halogens is 2. The summed E-state index contributed by atoms with van der Waals surface area (Å²) in [6.45, 7) is 0.425. The number of carboxylic acids is 1. The average molecular weight is 366 g/mol. The number of benzene rings is 1. The minimum Gasteiger partial charge on any atom is -0.481 e. The van der Waals surface area contributed by atoms with Crippen LogP contribution in [-0.4, -0.2) is 28.5 Å². The molecular weight excluding hydrogens is 346 g/mol. The van der Waals surface area contributed by atoms with Crippen molar-refractivity contribution >= 4 is 11.9 Å². The van der Waals surface area contributed by atoms with Crippen LogP contribution in [0, 0.1) is 11.6 Å². The maximum atomic E-state index is 13.7. The second kappa shape index (κ2) is 9.65. The lowest BCUT2D eigenvalue weighted by molar-refractivity contribution is -0.137. The van der Waals surface area contributed by atoms with Gasteiger partial charge in [0.05, 0.1) is 0 Å². The fourth-order valence-electron chi connectivity index (χ4n) is 2.42. The van der Waals surface area contributed by atoms with E-state index >= 15 is 0 Å². The van der Waals surface area contributed by atoms with Crippen molar-refractivity contribution in [3.8, 4) is 11.5 Å². The molecule has 0 spiro atoms. The van der Waals surface area contributed by atoms with Gasteiger partial charge in [0.15, 0.2) is 5.69 Å². The Morgan fingerprint density at radius 3 is 2.42 bits per heavy atom. The number of carboxylic acid groups (broad SMARTS) is 1. The summed E-state index contributed by atoms with van der Waals surface area (Å²) in [5, 5.41) is 11.2. The van der Waals surface area contributed by atoms with Crippen LogP contribution in [0.25, 0.3) is 11.5 Å². The first-order valence-electron chi connectivity index (χ1n) is 8.39. The molecule has 0 atom stereocenters. The fraction of sp³-hybridized carbons (Fsp3) is 0.389. The second-order valence-electron chi connectivity index (χ2n) is 5.80. The third kappa shape index (κ3) is 5.65. The molecule has 0 saturated heterocycles. The Bertz CT molecular complexity index is 741. The molecular formula is C18H20F2N2O4. The molecule has 0 aliphatic carbocycles. The van der Waals surface area contributed by atoms with Gasteiger partial charge in [-0.05, 0) is 25.0 Å². The zero-order valence-corrected chi connectivity index (χ0v) is 14.1. The van der Waals surface area contributed by atoms with Gasteiger partial charge in [0, 0.05) is 13.0 Å².